The number of rotatable bonds is 4. The van der Waals surface area contributed by atoms with Crippen molar-refractivity contribution >= 4 is 5.97 Å². The second kappa shape index (κ2) is 6.24. The molecular weight excluding hydrogens is 252 g/mol. The van der Waals surface area contributed by atoms with E-state index in [1.807, 2.05) is 12.1 Å². The van der Waals surface area contributed by atoms with E-state index in [1.54, 1.807) is 24.3 Å². The lowest BCUT2D eigenvalue weighted by atomic mass is 10.0. The zero-order chi connectivity index (χ0) is 14.5. The number of carbonyl (C=O) groups excluding carboxylic acids is 1. The van der Waals surface area contributed by atoms with Crippen molar-refractivity contribution in [1.29, 1.82) is 0 Å². The molecule has 3 nitrogen and oxygen atoms in total. The number of benzene rings is 2. The molecule has 0 N–H and O–H groups in total. The lowest BCUT2D eigenvalue weighted by molar-refractivity contribution is 0.0600. The quantitative estimate of drug-likeness (QED) is 0.773. The van der Waals surface area contributed by atoms with Crippen LogP contribution in [0.1, 0.15) is 35.7 Å². The van der Waals surface area contributed by atoms with Crippen LogP contribution in [0.5, 0.6) is 11.5 Å². The Morgan fingerprint density at radius 1 is 0.900 bits per heavy atom. The molecule has 2 aromatic rings. The zero-order valence-electron chi connectivity index (χ0n) is 11.9. The van der Waals surface area contributed by atoms with Crippen molar-refractivity contribution in [3.05, 3.63) is 59.7 Å². The number of hydrogen-bond acceptors (Lipinski definition) is 3. The van der Waals surface area contributed by atoms with Crippen LogP contribution in [-0.4, -0.2) is 13.1 Å². The van der Waals surface area contributed by atoms with Crippen molar-refractivity contribution in [1.82, 2.24) is 0 Å². The summed E-state index contributed by atoms with van der Waals surface area (Å²) in [5, 5.41) is 0. The molecule has 0 radical (unpaired) electrons. The van der Waals surface area contributed by atoms with Crippen molar-refractivity contribution in [2.24, 2.45) is 0 Å². The fourth-order valence-corrected chi connectivity index (χ4v) is 1.83. The maximum Gasteiger partial charge on any atom is 0.337 e. The molecule has 0 aliphatic heterocycles. The van der Waals surface area contributed by atoms with Gasteiger partial charge in [-0.25, -0.2) is 4.79 Å². The predicted molar refractivity (Wildman–Crippen MR) is 78.4 cm³/mol. The molecule has 0 heterocycles. The molecule has 0 amide bonds. The van der Waals surface area contributed by atoms with Gasteiger partial charge in [-0.1, -0.05) is 26.0 Å². The Morgan fingerprint density at radius 2 is 1.40 bits per heavy atom. The summed E-state index contributed by atoms with van der Waals surface area (Å²) in [6.07, 6.45) is 0. The van der Waals surface area contributed by atoms with E-state index in [1.165, 1.54) is 12.7 Å². The largest absolute Gasteiger partial charge is 0.465 e. The summed E-state index contributed by atoms with van der Waals surface area (Å²) in [5.41, 5.74) is 1.79. The number of methoxy groups -OCH3 is 1. The monoisotopic (exact) mass is 270 g/mol. The maximum absolute atomic E-state index is 11.3. The lowest BCUT2D eigenvalue weighted by Crippen LogP contribution is -2.00. The topological polar surface area (TPSA) is 35.5 Å². The molecule has 0 spiro atoms. The Bertz CT molecular complexity index is 568. The van der Waals surface area contributed by atoms with Gasteiger partial charge in [0.15, 0.2) is 0 Å². The molecule has 0 saturated carbocycles. The summed E-state index contributed by atoms with van der Waals surface area (Å²) in [7, 11) is 1.36. The van der Waals surface area contributed by atoms with Crippen LogP contribution in [-0.2, 0) is 4.74 Å². The predicted octanol–water partition coefficient (Wildman–Crippen LogP) is 4.39. The van der Waals surface area contributed by atoms with Gasteiger partial charge in [-0.05, 0) is 47.9 Å². The second-order valence-corrected chi connectivity index (χ2v) is 4.84. The highest BCUT2D eigenvalue weighted by atomic mass is 16.5. The van der Waals surface area contributed by atoms with Gasteiger partial charge in [0.05, 0.1) is 12.7 Å². The first kappa shape index (κ1) is 14.1. The standard InChI is InChI=1S/C17H18O3/c1-12(2)13-4-8-15(9-5-13)20-16-10-6-14(7-11-16)17(18)19-3/h4-12H,1-3H3. The highest BCUT2D eigenvalue weighted by Crippen LogP contribution is 2.24. The van der Waals surface area contributed by atoms with Crippen LogP contribution in [0.3, 0.4) is 0 Å². The van der Waals surface area contributed by atoms with Crippen LogP contribution in [0.4, 0.5) is 0 Å². The molecular formula is C17H18O3. The van der Waals surface area contributed by atoms with Crippen LogP contribution >= 0.6 is 0 Å². The Hall–Kier alpha value is -2.29. The minimum atomic E-state index is -0.349. The summed E-state index contributed by atoms with van der Waals surface area (Å²) in [6.45, 7) is 4.31. The van der Waals surface area contributed by atoms with Gasteiger partial charge in [-0.15, -0.1) is 0 Å². The van der Waals surface area contributed by atoms with E-state index in [4.69, 9.17) is 4.74 Å². The molecule has 104 valence electrons. The van der Waals surface area contributed by atoms with Gasteiger partial charge in [0, 0.05) is 0 Å². The molecule has 2 aromatic carbocycles. The first-order valence-electron chi connectivity index (χ1n) is 6.56. The van der Waals surface area contributed by atoms with Crippen molar-refractivity contribution in [2.75, 3.05) is 7.11 Å². The van der Waals surface area contributed by atoms with E-state index < -0.39 is 0 Å². The van der Waals surface area contributed by atoms with Gasteiger partial charge < -0.3 is 9.47 Å². The molecule has 0 saturated heterocycles. The van der Waals surface area contributed by atoms with E-state index >= 15 is 0 Å². The lowest BCUT2D eigenvalue weighted by Gasteiger charge is -2.09. The molecule has 0 unspecified atom stereocenters. The third-order valence-electron chi connectivity index (χ3n) is 3.06. The zero-order valence-corrected chi connectivity index (χ0v) is 11.9. The average Bonchev–Trinajstić information content (AvgIpc) is 2.48. The smallest absolute Gasteiger partial charge is 0.337 e. The van der Waals surface area contributed by atoms with Crippen LogP contribution < -0.4 is 4.74 Å². The molecule has 0 atom stereocenters. The van der Waals surface area contributed by atoms with E-state index in [0.717, 1.165) is 5.75 Å². The van der Waals surface area contributed by atoms with E-state index in [0.29, 0.717) is 17.2 Å². The minimum Gasteiger partial charge on any atom is -0.465 e. The molecule has 3 heteroatoms. The SMILES string of the molecule is COC(=O)c1ccc(Oc2ccc(C(C)C)cc2)cc1. The van der Waals surface area contributed by atoms with Crippen molar-refractivity contribution in [2.45, 2.75) is 19.8 Å². The van der Waals surface area contributed by atoms with Gasteiger partial charge in [0.25, 0.3) is 0 Å². The number of esters is 1. The molecule has 0 aromatic heterocycles. The van der Waals surface area contributed by atoms with Gasteiger partial charge in [-0.2, -0.15) is 0 Å². The summed E-state index contributed by atoms with van der Waals surface area (Å²) >= 11 is 0. The Kier molecular flexibility index (Phi) is 4.41. The van der Waals surface area contributed by atoms with Crippen molar-refractivity contribution in [3.8, 4) is 11.5 Å². The minimum absolute atomic E-state index is 0.349. The van der Waals surface area contributed by atoms with E-state index in [-0.39, 0.29) is 5.97 Å². The third-order valence-corrected chi connectivity index (χ3v) is 3.06. The first-order chi connectivity index (χ1) is 9.60. The number of carbonyl (C=O) groups is 1. The molecule has 0 aliphatic rings. The molecule has 2 rings (SSSR count). The average molecular weight is 270 g/mol. The Morgan fingerprint density at radius 3 is 1.85 bits per heavy atom. The molecule has 20 heavy (non-hydrogen) atoms. The van der Waals surface area contributed by atoms with Gasteiger partial charge in [0.2, 0.25) is 0 Å². The van der Waals surface area contributed by atoms with E-state index in [2.05, 4.69) is 30.7 Å². The van der Waals surface area contributed by atoms with Crippen molar-refractivity contribution < 1.29 is 14.3 Å². The van der Waals surface area contributed by atoms with Gasteiger partial charge in [0.1, 0.15) is 11.5 Å². The van der Waals surface area contributed by atoms with Crippen LogP contribution in [0.15, 0.2) is 48.5 Å². The normalized spacial score (nSPS) is 10.4. The fourth-order valence-electron chi connectivity index (χ4n) is 1.83. The first-order valence-corrected chi connectivity index (χ1v) is 6.56. The second-order valence-electron chi connectivity index (χ2n) is 4.84. The van der Waals surface area contributed by atoms with Crippen LogP contribution in [0, 0.1) is 0 Å². The fraction of sp³-hybridized carbons (Fsp3) is 0.235. The summed E-state index contributed by atoms with van der Waals surface area (Å²) < 4.78 is 10.4. The summed E-state index contributed by atoms with van der Waals surface area (Å²) in [5.74, 6) is 1.62. The van der Waals surface area contributed by atoms with Crippen molar-refractivity contribution in [3.63, 3.8) is 0 Å². The van der Waals surface area contributed by atoms with Gasteiger partial charge in [-0.3, -0.25) is 0 Å². The van der Waals surface area contributed by atoms with Crippen LogP contribution in [0.2, 0.25) is 0 Å². The highest BCUT2D eigenvalue weighted by Gasteiger charge is 2.05. The Balaban J connectivity index is 2.08. The highest BCUT2D eigenvalue weighted by molar-refractivity contribution is 5.89. The molecule has 0 aliphatic carbocycles. The number of ether oxygens (including phenoxy) is 2. The number of hydrogen-bond donors (Lipinski definition) is 0. The Labute approximate surface area is 119 Å². The summed E-state index contributed by atoms with van der Waals surface area (Å²) in [6, 6.07) is 14.9. The third kappa shape index (κ3) is 3.38. The maximum atomic E-state index is 11.3. The molecule has 0 bridgehead atoms. The van der Waals surface area contributed by atoms with Gasteiger partial charge >= 0.3 is 5.97 Å². The summed E-state index contributed by atoms with van der Waals surface area (Å²) in [4.78, 5) is 11.3. The van der Waals surface area contributed by atoms with E-state index in [9.17, 15) is 4.79 Å². The molecule has 0 fully saturated rings. The van der Waals surface area contributed by atoms with Crippen LogP contribution in [0.25, 0.3) is 0 Å².